The van der Waals surface area contributed by atoms with Gasteiger partial charge >= 0.3 is 0 Å². The van der Waals surface area contributed by atoms with Crippen molar-refractivity contribution in [3.63, 3.8) is 0 Å². The Hall–Kier alpha value is -3.65. The molecule has 2 amide bonds. The molecule has 1 N–H and O–H groups in total. The first-order valence-electron chi connectivity index (χ1n) is 14.1. The van der Waals surface area contributed by atoms with Crippen LogP contribution >= 0.6 is 0 Å². The summed E-state index contributed by atoms with van der Waals surface area (Å²) in [6.07, 6.45) is 6.00. The molecular formula is C32H39N3O4S. The van der Waals surface area contributed by atoms with Crippen molar-refractivity contribution in [1.29, 1.82) is 0 Å². The number of rotatable bonds is 11. The second-order valence-electron chi connectivity index (χ2n) is 10.4. The molecule has 0 saturated heterocycles. The van der Waals surface area contributed by atoms with Crippen LogP contribution in [0.25, 0.3) is 0 Å². The van der Waals surface area contributed by atoms with E-state index in [2.05, 4.69) is 5.32 Å². The number of anilines is 1. The lowest BCUT2D eigenvalue weighted by Crippen LogP contribution is -2.53. The molecule has 0 bridgehead atoms. The minimum Gasteiger partial charge on any atom is -0.352 e. The summed E-state index contributed by atoms with van der Waals surface area (Å²) >= 11 is 0. The fourth-order valence-corrected chi connectivity index (χ4v) is 6.51. The molecule has 7 nitrogen and oxygen atoms in total. The summed E-state index contributed by atoms with van der Waals surface area (Å²) in [6.45, 7) is 3.49. The van der Waals surface area contributed by atoms with E-state index in [4.69, 9.17) is 0 Å². The molecule has 1 atom stereocenters. The van der Waals surface area contributed by atoms with E-state index in [1.54, 1.807) is 37.3 Å². The van der Waals surface area contributed by atoms with E-state index >= 15 is 0 Å². The highest BCUT2D eigenvalue weighted by atomic mass is 32.2. The van der Waals surface area contributed by atoms with Crippen molar-refractivity contribution in [2.24, 2.45) is 0 Å². The molecule has 1 aliphatic carbocycles. The molecule has 212 valence electrons. The molecule has 8 heteroatoms. The van der Waals surface area contributed by atoms with Crippen LogP contribution in [0.2, 0.25) is 0 Å². The molecule has 3 aromatic rings. The van der Waals surface area contributed by atoms with Crippen LogP contribution in [-0.2, 0) is 32.6 Å². The molecule has 0 unspecified atom stereocenters. The summed E-state index contributed by atoms with van der Waals surface area (Å²) < 4.78 is 28.8. The monoisotopic (exact) mass is 561 g/mol. The Balaban J connectivity index is 1.65. The van der Waals surface area contributed by atoms with Gasteiger partial charge in [-0.15, -0.1) is 0 Å². The van der Waals surface area contributed by atoms with Gasteiger partial charge in [0.2, 0.25) is 11.8 Å². The number of hydrogen-bond donors (Lipinski definition) is 1. The fourth-order valence-electron chi connectivity index (χ4n) is 5.08. The Bertz CT molecular complexity index is 1360. The Morgan fingerprint density at radius 2 is 1.45 bits per heavy atom. The van der Waals surface area contributed by atoms with Crippen LogP contribution in [0.3, 0.4) is 0 Å². The molecule has 4 rings (SSSR count). The summed E-state index contributed by atoms with van der Waals surface area (Å²) in [4.78, 5) is 29.0. The average molecular weight is 562 g/mol. The highest BCUT2D eigenvalue weighted by Crippen LogP contribution is 2.25. The summed E-state index contributed by atoms with van der Waals surface area (Å²) in [5, 5.41) is 3.13. The number of aryl methyl sites for hydroxylation is 1. The molecule has 1 saturated carbocycles. The Kier molecular flexibility index (Phi) is 9.98. The van der Waals surface area contributed by atoms with Gasteiger partial charge in [0.15, 0.2) is 0 Å². The van der Waals surface area contributed by atoms with Crippen LogP contribution in [0.15, 0.2) is 89.8 Å². The lowest BCUT2D eigenvalue weighted by molar-refractivity contribution is -0.139. The number of carbonyl (C=O) groups excluding carboxylic acids is 2. The van der Waals surface area contributed by atoms with Gasteiger partial charge in [0.1, 0.15) is 12.6 Å². The predicted molar refractivity (Wildman–Crippen MR) is 158 cm³/mol. The molecule has 0 spiro atoms. The van der Waals surface area contributed by atoms with Crippen molar-refractivity contribution < 1.29 is 18.0 Å². The highest BCUT2D eigenvalue weighted by Gasteiger charge is 2.33. The second-order valence-corrected chi connectivity index (χ2v) is 12.2. The number of amides is 2. The lowest BCUT2D eigenvalue weighted by Gasteiger charge is -2.33. The topological polar surface area (TPSA) is 86.8 Å². The first-order valence-corrected chi connectivity index (χ1v) is 15.5. The third kappa shape index (κ3) is 7.30. The van der Waals surface area contributed by atoms with Gasteiger partial charge in [-0.25, -0.2) is 8.42 Å². The van der Waals surface area contributed by atoms with Crippen LogP contribution in [0.5, 0.6) is 0 Å². The summed E-state index contributed by atoms with van der Waals surface area (Å²) in [5.41, 5.74) is 2.32. The van der Waals surface area contributed by atoms with Gasteiger partial charge in [-0.05, 0) is 61.6 Å². The van der Waals surface area contributed by atoms with E-state index in [0.29, 0.717) is 5.69 Å². The van der Waals surface area contributed by atoms with E-state index in [9.17, 15) is 18.0 Å². The SMILES string of the molecule is CCc1ccc(N(CC(=O)N(Cc2ccccc2)[C@@H](C)C(=O)NC2CCCCC2)S(=O)(=O)c2ccccc2)cc1. The number of nitrogens with zero attached hydrogens (tertiary/aromatic N) is 2. The van der Waals surface area contributed by atoms with Gasteiger partial charge in [-0.3, -0.25) is 13.9 Å². The van der Waals surface area contributed by atoms with Crippen LogP contribution in [0.4, 0.5) is 5.69 Å². The van der Waals surface area contributed by atoms with Crippen molar-refractivity contribution in [2.75, 3.05) is 10.8 Å². The van der Waals surface area contributed by atoms with E-state index in [0.717, 1.165) is 47.5 Å². The fraction of sp³-hybridized carbons (Fsp3) is 0.375. The Morgan fingerprint density at radius 1 is 0.850 bits per heavy atom. The van der Waals surface area contributed by atoms with E-state index in [-0.39, 0.29) is 23.4 Å². The van der Waals surface area contributed by atoms with Gasteiger partial charge in [0, 0.05) is 12.6 Å². The van der Waals surface area contributed by atoms with Crippen molar-refractivity contribution in [3.05, 3.63) is 96.1 Å². The zero-order chi connectivity index (χ0) is 28.5. The third-order valence-electron chi connectivity index (χ3n) is 7.56. The van der Waals surface area contributed by atoms with Gasteiger partial charge < -0.3 is 10.2 Å². The molecule has 40 heavy (non-hydrogen) atoms. The maximum atomic E-state index is 14.0. The van der Waals surface area contributed by atoms with Crippen molar-refractivity contribution >= 4 is 27.5 Å². The highest BCUT2D eigenvalue weighted by molar-refractivity contribution is 7.92. The van der Waals surface area contributed by atoms with Crippen molar-refractivity contribution in [2.45, 2.75) is 75.9 Å². The molecule has 3 aromatic carbocycles. The minimum absolute atomic E-state index is 0.0973. The lowest BCUT2D eigenvalue weighted by atomic mass is 9.95. The third-order valence-corrected chi connectivity index (χ3v) is 9.35. The van der Waals surface area contributed by atoms with Gasteiger partial charge in [0.25, 0.3) is 10.0 Å². The number of carbonyl (C=O) groups is 2. The standard InChI is InChI=1S/C32H39N3O4S/c1-3-26-19-21-29(22-20-26)35(40(38,39)30-17-11-6-12-18-30)24-31(36)34(23-27-13-7-4-8-14-27)25(2)32(37)33-28-15-9-5-10-16-28/h4,6-8,11-14,17-22,25,28H,3,5,9-10,15-16,23-24H2,1-2H3,(H,33,37)/t25-/m0/s1. The van der Waals surface area contributed by atoms with E-state index in [1.165, 1.54) is 23.5 Å². The molecule has 0 heterocycles. The van der Waals surface area contributed by atoms with Crippen LogP contribution in [0, 0.1) is 0 Å². The summed E-state index contributed by atoms with van der Waals surface area (Å²) in [7, 11) is -4.06. The molecule has 0 aromatic heterocycles. The number of benzene rings is 3. The molecular weight excluding hydrogens is 522 g/mol. The zero-order valence-corrected chi connectivity index (χ0v) is 24.1. The van der Waals surface area contributed by atoms with Gasteiger partial charge in [-0.2, -0.15) is 0 Å². The minimum atomic E-state index is -4.06. The van der Waals surface area contributed by atoms with Crippen LogP contribution in [0.1, 0.15) is 57.1 Å². The van der Waals surface area contributed by atoms with Gasteiger partial charge in [-0.1, -0.05) is 86.8 Å². The summed E-state index contributed by atoms with van der Waals surface area (Å²) in [6, 6.07) is 24.1. The van der Waals surface area contributed by atoms with Crippen LogP contribution in [-0.4, -0.2) is 43.8 Å². The first-order chi connectivity index (χ1) is 19.3. The average Bonchev–Trinajstić information content (AvgIpc) is 2.99. The number of sulfonamides is 1. The Morgan fingerprint density at radius 3 is 2.05 bits per heavy atom. The van der Waals surface area contributed by atoms with E-state index < -0.39 is 28.5 Å². The normalized spacial score (nSPS) is 14.8. The maximum absolute atomic E-state index is 14.0. The first kappa shape index (κ1) is 29.3. The second kappa shape index (κ2) is 13.6. The van der Waals surface area contributed by atoms with Crippen molar-refractivity contribution in [3.8, 4) is 0 Å². The van der Waals surface area contributed by atoms with Crippen molar-refractivity contribution in [1.82, 2.24) is 10.2 Å². The van der Waals surface area contributed by atoms with Crippen LogP contribution < -0.4 is 9.62 Å². The smallest absolute Gasteiger partial charge is 0.264 e. The number of hydrogen-bond acceptors (Lipinski definition) is 4. The largest absolute Gasteiger partial charge is 0.352 e. The quantitative estimate of drug-likeness (QED) is 0.344. The Labute approximate surface area is 238 Å². The molecule has 0 aliphatic heterocycles. The predicted octanol–water partition coefficient (Wildman–Crippen LogP) is 5.31. The summed E-state index contributed by atoms with van der Waals surface area (Å²) in [5.74, 6) is -0.671. The zero-order valence-electron chi connectivity index (χ0n) is 23.3. The molecule has 0 radical (unpaired) electrons. The number of nitrogens with one attached hydrogen (secondary N) is 1. The molecule has 1 fully saturated rings. The maximum Gasteiger partial charge on any atom is 0.264 e. The van der Waals surface area contributed by atoms with Gasteiger partial charge in [0.05, 0.1) is 10.6 Å². The molecule has 1 aliphatic rings. The van der Waals surface area contributed by atoms with E-state index in [1.807, 2.05) is 49.4 Å².